The molecule has 0 bridgehead atoms. The topological polar surface area (TPSA) is 72.5 Å². The molecule has 0 aliphatic heterocycles. The average molecular weight is 223 g/mol. The number of aliphatic hydroxyl groups excluding tert-OH is 1. The van der Waals surface area contributed by atoms with Crippen molar-refractivity contribution in [2.24, 2.45) is 5.73 Å². The number of carbonyl (C=O) groups is 1. The second-order valence-electron chi connectivity index (χ2n) is 3.61. The molecule has 2 unspecified atom stereocenters. The molecule has 1 aromatic rings. The molecule has 88 valence electrons. The third-order valence-electron chi connectivity index (χ3n) is 2.30. The number of esters is 1. The molecule has 4 nitrogen and oxygen atoms in total. The van der Waals surface area contributed by atoms with Crippen LogP contribution in [0.15, 0.2) is 30.3 Å². The molecule has 1 rings (SSSR count). The van der Waals surface area contributed by atoms with Gasteiger partial charge in [-0.05, 0) is 18.9 Å². The standard InChI is InChI=1S/C12H17NO3/c1-9(10-5-3-2-4-6-10)16-12(15)11(13)7-8-14/h2-6,9,11,14H,7-8,13H2,1H3. The van der Waals surface area contributed by atoms with E-state index in [1.54, 1.807) is 6.92 Å². The SMILES string of the molecule is CC(OC(=O)C(N)CCO)c1ccccc1. The first-order valence-electron chi connectivity index (χ1n) is 5.27. The minimum Gasteiger partial charge on any atom is -0.457 e. The molecule has 0 spiro atoms. The van der Waals surface area contributed by atoms with E-state index in [1.165, 1.54) is 0 Å². The number of hydrogen-bond acceptors (Lipinski definition) is 4. The first kappa shape index (κ1) is 12.7. The molecule has 0 fully saturated rings. The van der Waals surface area contributed by atoms with Crippen molar-refractivity contribution in [3.8, 4) is 0 Å². The molecule has 2 atom stereocenters. The third kappa shape index (κ3) is 3.64. The fourth-order valence-electron chi connectivity index (χ4n) is 1.31. The lowest BCUT2D eigenvalue weighted by Crippen LogP contribution is -2.33. The molecular formula is C12H17NO3. The molecule has 0 heterocycles. The van der Waals surface area contributed by atoms with E-state index in [1.807, 2.05) is 30.3 Å². The molecule has 16 heavy (non-hydrogen) atoms. The zero-order valence-corrected chi connectivity index (χ0v) is 9.30. The van der Waals surface area contributed by atoms with Crippen LogP contribution in [-0.4, -0.2) is 23.7 Å². The summed E-state index contributed by atoms with van der Waals surface area (Å²) in [5.41, 5.74) is 6.44. The van der Waals surface area contributed by atoms with Crippen LogP contribution >= 0.6 is 0 Å². The maximum atomic E-state index is 11.5. The van der Waals surface area contributed by atoms with Gasteiger partial charge in [0.2, 0.25) is 0 Å². The Hall–Kier alpha value is -1.39. The van der Waals surface area contributed by atoms with Gasteiger partial charge < -0.3 is 15.6 Å². The predicted octanol–water partition coefficient (Wildman–Crippen LogP) is 1.00. The number of carbonyl (C=O) groups excluding carboxylic acids is 1. The molecule has 0 aromatic heterocycles. The zero-order chi connectivity index (χ0) is 12.0. The van der Waals surface area contributed by atoms with Crippen molar-refractivity contribution in [2.75, 3.05) is 6.61 Å². The van der Waals surface area contributed by atoms with E-state index in [0.717, 1.165) is 5.56 Å². The van der Waals surface area contributed by atoms with Gasteiger partial charge in [0.25, 0.3) is 0 Å². The molecule has 0 saturated heterocycles. The maximum absolute atomic E-state index is 11.5. The van der Waals surface area contributed by atoms with Crippen molar-refractivity contribution in [3.05, 3.63) is 35.9 Å². The molecular weight excluding hydrogens is 206 g/mol. The van der Waals surface area contributed by atoms with Crippen LogP contribution in [-0.2, 0) is 9.53 Å². The summed E-state index contributed by atoms with van der Waals surface area (Å²) in [7, 11) is 0. The van der Waals surface area contributed by atoms with Gasteiger partial charge in [0.15, 0.2) is 0 Å². The Morgan fingerprint density at radius 3 is 2.62 bits per heavy atom. The Morgan fingerprint density at radius 1 is 1.44 bits per heavy atom. The van der Waals surface area contributed by atoms with E-state index in [0.29, 0.717) is 0 Å². The van der Waals surface area contributed by atoms with Gasteiger partial charge in [0.05, 0.1) is 0 Å². The van der Waals surface area contributed by atoms with Crippen molar-refractivity contribution in [1.29, 1.82) is 0 Å². The van der Waals surface area contributed by atoms with Gasteiger partial charge in [-0.15, -0.1) is 0 Å². The summed E-state index contributed by atoms with van der Waals surface area (Å²) in [4.78, 5) is 11.5. The highest BCUT2D eigenvalue weighted by molar-refractivity contribution is 5.75. The number of rotatable bonds is 5. The molecule has 0 aliphatic carbocycles. The summed E-state index contributed by atoms with van der Waals surface area (Å²) in [6.07, 6.45) is -0.0983. The molecule has 0 aliphatic rings. The minimum atomic E-state index is -0.754. The van der Waals surface area contributed by atoms with Crippen molar-refractivity contribution in [3.63, 3.8) is 0 Å². The van der Waals surface area contributed by atoms with Crippen molar-refractivity contribution < 1.29 is 14.6 Å². The normalized spacial score (nSPS) is 14.2. The Morgan fingerprint density at radius 2 is 2.06 bits per heavy atom. The number of hydrogen-bond donors (Lipinski definition) is 2. The van der Waals surface area contributed by atoms with Crippen molar-refractivity contribution >= 4 is 5.97 Å². The molecule has 3 N–H and O–H groups in total. The van der Waals surface area contributed by atoms with Crippen LogP contribution in [0.25, 0.3) is 0 Å². The Balaban J connectivity index is 2.51. The summed E-state index contributed by atoms with van der Waals surface area (Å²) < 4.78 is 5.18. The fourth-order valence-corrected chi connectivity index (χ4v) is 1.31. The zero-order valence-electron chi connectivity index (χ0n) is 9.30. The second kappa shape index (κ2) is 6.25. The van der Waals surface area contributed by atoms with E-state index in [9.17, 15) is 4.79 Å². The predicted molar refractivity (Wildman–Crippen MR) is 60.6 cm³/mol. The van der Waals surface area contributed by atoms with Crippen LogP contribution in [0.4, 0.5) is 0 Å². The van der Waals surface area contributed by atoms with Crippen molar-refractivity contribution in [2.45, 2.75) is 25.5 Å². The third-order valence-corrected chi connectivity index (χ3v) is 2.30. The average Bonchev–Trinajstić information content (AvgIpc) is 2.30. The highest BCUT2D eigenvalue weighted by atomic mass is 16.5. The lowest BCUT2D eigenvalue weighted by Gasteiger charge is -2.16. The van der Waals surface area contributed by atoms with Crippen LogP contribution in [0.2, 0.25) is 0 Å². The summed E-state index contributed by atoms with van der Waals surface area (Å²) >= 11 is 0. The second-order valence-corrected chi connectivity index (χ2v) is 3.61. The van der Waals surface area contributed by atoms with Crippen LogP contribution in [0, 0.1) is 0 Å². The van der Waals surface area contributed by atoms with Crippen LogP contribution < -0.4 is 5.73 Å². The first-order chi connectivity index (χ1) is 7.65. The molecule has 0 amide bonds. The van der Waals surface area contributed by atoms with E-state index >= 15 is 0 Å². The van der Waals surface area contributed by atoms with Gasteiger partial charge in [-0.2, -0.15) is 0 Å². The molecule has 0 saturated carbocycles. The summed E-state index contributed by atoms with van der Waals surface area (Å²) in [5.74, 6) is -0.481. The smallest absolute Gasteiger partial charge is 0.323 e. The monoisotopic (exact) mass is 223 g/mol. The van der Waals surface area contributed by atoms with Gasteiger partial charge in [0, 0.05) is 6.61 Å². The van der Waals surface area contributed by atoms with E-state index < -0.39 is 12.0 Å². The Bertz CT molecular complexity index is 326. The van der Waals surface area contributed by atoms with Gasteiger partial charge in [-0.1, -0.05) is 30.3 Å². The number of nitrogens with two attached hydrogens (primary N) is 1. The number of benzene rings is 1. The van der Waals surface area contributed by atoms with Gasteiger partial charge in [0.1, 0.15) is 12.1 Å². The lowest BCUT2D eigenvalue weighted by molar-refractivity contribution is -0.150. The van der Waals surface area contributed by atoms with Gasteiger partial charge in [-0.3, -0.25) is 4.79 Å². The highest BCUT2D eigenvalue weighted by Crippen LogP contribution is 2.16. The first-order valence-corrected chi connectivity index (χ1v) is 5.27. The minimum absolute atomic E-state index is 0.115. The number of ether oxygens (including phenoxy) is 1. The van der Waals surface area contributed by atoms with Crippen molar-refractivity contribution in [1.82, 2.24) is 0 Å². The molecule has 1 aromatic carbocycles. The largest absolute Gasteiger partial charge is 0.457 e. The lowest BCUT2D eigenvalue weighted by atomic mass is 10.1. The highest BCUT2D eigenvalue weighted by Gasteiger charge is 2.17. The van der Waals surface area contributed by atoms with Gasteiger partial charge in [-0.25, -0.2) is 0 Å². The Kier molecular flexibility index (Phi) is 4.95. The molecule has 0 radical (unpaired) electrons. The Labute approximate surface area is 95.0 Å². The van der Waals surface area contributed by atoms with E-state index in [2.05, 4.69) is 0 Å². The summed E-state index contributed by atoms with van der Waals surface area (Å²) in [6, 6.07) is 8.68. The maximum Gasteiger partial charge on any atom is 0.323 e. The van der Waals surface area contributed by atoms with Gasteiger partial charge >= 0.3 is 5.97 Å². The number of aliphatic hydroxyl groups is 1. The summed E-state index contributed by atoms with van der Waals surface area (Å²) in [5, 5.41) is 8.65. The summed E-state index contributed by atoms with van der Waals surface area (Å²) in [6.45, 7) is 1.68. The fraction of sp³-hybridized carbons (Fsp3) is 0.417. The van der Waals surface area contributed by atoms with E-state index in [-0.39, 0.29) is 19.1 Å². The van der Waals surface area contributed by atoms with Crippen LogP contribution in [0.5, 0.6) is 0 Å². The van der Waals surface area contributed by atoms with Crippen LogP contribution in [0.3, 0.4) is 0 Å². The quantitative estimate of drug-likeness (QED) is 0.730. The van der Waals surface area contributed by atoms with Crippen LogP contribution in [0.1, 0.15) is 25.0 Å². The molecule has 4 heteroatoms. The van der Waals surface area contributed by atoms with E-state index in [4.69, 9.17) is 15.6 Å².